The summed E-state index contributed by atoms with van der Waals surface area (Å²) in [6, 6.07) is 18.0. The van der Waals surface area contributed by atoms with Crippen LogP contribution in [0.25, 0.3) is 10.8 Å². The van der Waals surface area contributed by atoms with Crippen LogP contribution in [0.1, 0.15) is 24.8 Å². The fourth-order valence-corrected chi connectivity index (χ4v) is 5.17. The number of Topliss-reactive ketones (excluding diaryl/α,β-unsaturated/α-hetero) is 1. The molecule has 192 valence electrons. The third-order valence-corrected chi connectivity index (χ3v) is 7.25. The highest BCUT2D eigenvalue weighted by atomic mass is 32.2. The second kappa shape index (κ2) is 11.1. The maximum atomic E-state index is 13.9. The van der Waals surface area contributed by atoms with Crippen molar-refractivity contribution in [3.63, 3.8) is 0 Å². The highest BCUT2D eigenvalue weighted by Gasteiger charge is 2.57. The molecule has 4 N–H and O–H groups in total. The maximum absolute atomic E-state index is 13.9. The summed E-state index contributed by atoms with van der Waals surface area (Å²) in [5.41, 5.74) is 5.37. The molecule has 4 rings (SSSR count). The van der Waals surface area contributed by atoms with Crippen molar-refractivity contribution in [1.82, 2.24) is 4.90 Å². The summed E-state index contributed by atoms with van der Waals surface area (Å²) >= 11 is 1.41. The Morgan fingerprint density at radius 3 is 2.46 bits per heavy atom. The molecule has 3 aromatic rings. The summed E-state index contributed by atoms with van der Waals surface area (Å²) in [7, 11) is 0. The van der Waals surface area contributed by atoms with Crippen molar-refractivity contribution < 1.29 is 24.3 Å². The lowest BCUT2D eigenvalue weighted by atomic mass is 9.80. The van der Waals surface area contributed by atoms with Crippen LogP contribution in [0.4, 0.5) is 5.69 Å². The van der Waals surface area contributed by atoms with Gasteiger partial charge in [0.15, 0.2) is 11.3 Å². The monoisotopic (exact) mass is 519 g/mol. The average Bonchev–Trinajstić information content (AvgIpc) is 2.90. The zero-order valence-corrected chi connectivity index (χ0v) is 21.3. The Morgan fingerprint density at radius 2 is 1.76 bits per heavy atom. The molecule has 9 heteroatoms. The van der Waals surface area contributed by atoms with Crippen molar-refractivity contribution >= 4 is 51.7 Å². The largest absolute Gasteiger partial charge is 0.508 e. The van der Waals surface area contributed by atoms with Gasteiger partial charge >= 0.3 is 0 Å². The highest BCUT2D eigenvalue weighted by Crippen LogP contribution is 2.33. The number of piperidine rings is 1. The molecule has 8 nitrogen and oxygen atoms in total. The van der Waals surface area contributed by atoms with E-state index in [1.807, 2.05) is 36.6 Å². The summed E-state index contributed by atoms with van der Waals surface area (Å²) in [6.45, 7) is 0. The van der Waals surface area contributed by atoms with Gasteiger partial charge in [-0.2, -0.15) is 11.8 Å². The van der Waals surface area contributed by atoms with Crippen LogP contribution in [0.2, 0.25) is 0 Å². The number of nitrogens with one attached hydrogen (secondary N) is 1. The third-order valence-electron chi connectivity index (χ3n) is 6.64. The summed E-state index contributed by atoms with van der Waals surface area (Å²) in [6.07, 6.45) is 1.58. The molecule has 0 aromatic heterocycles. The fraction of sp³-hybridized carbons (Fsp3) is 0.286. The number of nitrogens with zero attached hydrogens (tertiary/aromatic N) is 1. The van der Waals surface area contributed by atoms with Gasteiger partial charge in [0, 0.05) is 18.5 Å². The predicted octanol–water partition coefficient (Wildman–Crippen LogP) is 3.26. The van der Waals surface area contributed by atoms with Crippen LogP contribution < -0.4 is 11.1 Å². The second-order valence-electron chi connectivity index (χ2n) is 9.09. The van der Waals surface area contributed by atoms with E-state index in [1.54, 1.807) is 24.3 Å². The number of thioether (sulfide) groups is 1. The number of hydrogen-bond acceptors (Lipinski definition) is 7. The van der Waals surface area contributed by atoms with Gasteiger partial charge in [-0.25, -0.2) is 0 Å². The van der Waals surface area contributed by atoms with Crippen LogP contribution in [0.3, 0.4) is 0 Å². The summed E-state index contributed by atoms with van der Waals surface area (Å²) in [5, 5.41) is 14.2. The molecule has 1 heterocycles. The molecule has 1 fully saturated rings. The summed E-state index contributed by atoms with van der Waals surface area (Å²) < 4.78 is 0. The Hall–Kier alpha value is -3.69. The van der Waals surface area contributed by atoms with Crippen molar-refractivity contribution in [2.24, 2.45) is 5.73 Å². The molecule has 0 radical (unpaired) electrons. The number of amides is 3. The standard InChI is InChI=1S/C28H29N3O5S/c1-37-15-14-28(27(36)30-21-9-8-19-4-2-3-5-20(19)17-21)24(33)12-13-25(34)31(28)26(35)23(29)16-18-6-10-22(32)11-7-18/h2-11,17,23,32H,12-16,29H2,1H3,(H,30,36)/t23-,28+/m0/s1. The van der Waals surface area contributed by atoms with Gasteiger partial charge in [-0.05, 0) is 65.5 Å². The summed E-state index contributed by atoms with van der Waals surface area (Å²) in [5.74, 6) is -2.13. The minimum atomic E-state index is -1.99. The molecule has 0 spiro atoms. The number of phenols is 1. The third kappa shape index (κ3) is 5.38. The minimum Gasteiger partial charge on any atom is -0.508 e. The zero-order chi connectivity index (χ0) is 26.6. The Balaban J connectivity index is 1.69. The molecule has 0 bridgehead atoms. The highest BCUT2D eigenvalue weighted by molar-refractivity contribution is 7.98. The number of aromatic hydroxyl groups is 1. The zero-order valence-electron chi connectivity index (χ0n) is 20.5. The van der Waals surface area contributed by atoms with Crippen molar-refractivity contribution in [3.05, 3.63) is 72.3 Å². The van der Waals surface area contributed by atoms with E-state index in [0.29, 0.717) is 17.0 Å². The van der Waals surface area contributed by atoms with Crippen molar-refractivity contribution in [1.29, 1.82) is 0 Å². The number of rotatable bonds is 8. The van der Waals surface area contributed by atoms with E-state index in [-0.39, 0.29) is 31.4 Å². The van der Waals surface area contributed by atoms with Crippen molar-refractivity contribution in [3.8, 4) is 5.75 Å². The number of nitrogens with two attached hydrogens (primary N) is 1. The molecule has 0 unspecified atom stereocenters. The molecule has 1 saturated heterocycles. The Labute approximate surface area is 219 Å². The number of carbonyl (C=O) groups is 4. The lowest BCUT2D eigenvalue weighted by Crippen LogP contribution is -2.70. The van der Waals surface area contributed by atoms with Gasteiger partial charge in [0.05, 0.1) is 6.04 Å². The lowest BCUT2D eigenvalue weighted by Gasteiger charge is -2.43. The number of likely N-dealkylation sites (tertiary alicyclic amines) is 1. The van der Waals surface area contributed by atoms with Gasteiger partial charge < -0.3 is 16.2 Å². The molecule has 3 amide bonds. The minimum absolute atomic E-state index is 0.0180. The van der Waals surface area contributed by atoms with Gasteiger partial charge in [0.1, 0.15) is 5.75 Å². The van der Waals surface area contributed by atoms with E-state index >= 15 is 0 Å². The molecule has 2 atom stereocenters. The number of imide groups is 1. The van der Waals surface area contributed by atoms with E-state index in [1.165, 1.54) is 23.9 Å². The van der Waals surface area contributed by atoms with Crippen molar-refractivity contribution in [2.45, 2.75) is 37.3 Å². The van der Waals surface area contributed by atoms with Crippen LogP contribution in [0, 0.1) is 0 Å². The number of hydrogen-bond donors (Lipinski definition) is 3. The Kier molecular flexibility index (Phi) is 7.94. The quantitative estimate of drug-likeness (QED) is 0.390. The Bertz CT molecular complexity index is 1340. The normalized spacial score (nSPS) is 18.6. The number of carbonyl (C=O) groups excluding carboxylic acids is 4. The van der Waals surface area contributed by atoms with Gasteiger partial charge in [-0.3, -0.25) is 24.1 Å². The first-order valence-electron chi connectivity index (χ1n) is 12.0. The van der Waals surface area contributed by atoms with Crippen molar-refractivity contribution in [2.75, 3.05) is 17.3 Å². The van der Waals surface area contributed by atoms with Crippen LogP contribution >= 0.6 is 11.8 Å². The van der Waals surface area contributed by atoms with E-state index < -0.39 is 35.1 Å². The molecule has 37 heavy (non-hydrogen) atoms. The molecular weight excluding hydrogens is 490 g/mol. The molecule has 1 aliphatic rings. The van der Waals surface area contributed by atoms with Gasteiger partial charge in [0.2, 0.25) is 11.8 Å². The topological polar surface area (TPSA) is 130 Å². The molecule has 1 aliphatic heterocycles. The first-order chi connectivity index (χ1) is 17.8. The van der Waals surface area contributed by atoms with Crippen LogP contribution in [-0.2, 0) is 25.6 Å². The number of ketones is 1. The molecule has 0 saturated carbocycles. The van der Waals surface area contributed by atoms with E-state index in [2.05, 4.69) is 5.32 Å². The lowest BCUT2D eigenvalue weighted by molar-refractivity contribution is -0.167. The first kappa shape index (κ1) is 26.4. The van der Waals surface area contributed by atoms with Gasteiger partial charge in [-0.1, -0.05) is 42.5 Å². The van der Waals surface area contributed by atoms with Crippen LogP contribution in [-0.4, -0.2) is 57.1 Å². The second-order valence-corrected chi connectivity index (χ2v) is 10.1. The Morgan fingerprint density at radius 1 is 1.05 bits per heavy atom. The number of phenolic OH excluding ortho intramolecular Hbond substituents is 1. The van der Waals surface area contributed by atoms with Crippen LogP contribution in [0.15, 0.2) is 66.7 Å². The average molecular weight is 520 g/mol. The number of fused-ring (bicyclic) bond motifs is 1. The summed E-state index contributed by atoms with van der Waals surface area (Å²) in [4.78, 5) is 54.9. The van der Waals surface area contributed by atoms with E-state index in [9.17, 15) is 24.3 Å². The molecular formula is C28H29N3O5S. The maximum Gasteiger partial charge on any atom is 0.258 e. The predicted molar refractivity (Wildman–Crippen MR) is 144 cm³/mol. The first-order valence-corrected chi connectivity index (χ1v) is 13.4. The number of anilines is 1. The molecule has 0 aliphatic carbocycles. The number of benzene rings is 3. The molecule has 3 aromatic carbocycles. The van der Waals surface area contributed by atoms with E-state index in [0.717, 1.165) is 15.7 Å². The van der Waals surface area contributed by atoms with Gasteiger partial charge in [0.25, 0.3) is 5.91 Å². The fourth-order valence-electron chi connectivity index (χ4n) is 4.67. The van der Waals surface area contributed by atoms with Crippen LogP contribution in [0.5, 0.6) is 5.75 Å². The smallest absolute Gasteiger partial charge is 0.258 e. The SMILES string of the molecule is CSCC[C@]1(C(=O)Nc2ccc3ccccc3c2)C(=O)CCC(=O)N1C(=O)[C@@H](N)Cc1ccc(O)cc1. The van der Waals surface area contributed by atoms with Gasteiger partial charge in [-0.15, -0.1) is 0 Å². The van der Waals surface area contributed by atoms with E-state index in [4.69, 9.17) is 5.73 Å².